The first-order valence-electron chi connectivity index (χ1n) is 8.02. The molecule has 0 spiro atoms. The van der Waals surface area contributed by atoms with E-state index >= 15 is 0 Å². The number of hydrogen-bond acceptors (Lipinski definition) is 1. The van der Waals surface area contributed by atoms with Crippen LogP contribution in [0.4, 0.5) is 0 Å². The van der Waals surface area contributed by atoms with Gasteiger partial charge in [-0.3, -0.25) is 0 Å². The van der Waals surface area contributed by atoms with Gasteiger partial charge in [0.15, 0.2) is 0 Å². The van der Waals surface area contributed by atoms with Gasteiger partial charge in [-0.25, -0.2) is 0 Å². The number of rotatable bonds is 6. The molecule has 0 saturated heterocycles. The summed E-state index contributed by atoms with van der Waals surface area (Å²) in [6.45, 7) is 9.68. The fourth-order valence-corrected chi connectivity index (χ4v) is 2.57. The molecule has 0 heterocycles. The summed E-state index contributed by atoms with van der Waals surface area (Å²) in [5.74, 6) is 0. The van der Waals surface area contributed by atoms with Crippen LogP contribution in [0.2, 0.25) is 0 Å². The van der Waals surface area contributed by atoms with E-state index in [0.29, 0.717) is 6.04 Å². The number of hydrogen-bond donors (Lipinski definition) is 1. The molecule has 0 aromatic heterocycles. The van der Waals surface area contributed by atoms with E-state index < -0.39 is 0 Å². The van der Waals surface area contributed by atoms with Crippen molar-refractivity contribution in [1.29, 1.82) is 0 Å². The molecule has 0 aliphatic rings. The molecule has 1 heteroatoms. The summed E-state index contributed by atoms with van der Waals surface area (Å²) in [5, 5.41) is 3.52. The van der Waals surface area contributed by atoms with Crippen LogP contribution in [-0.2, 0) is 13.0 Å². The first-order valence-corrected chi connectivity index (χ1v) is 8.02. The van der Waals surface area contributed by atoms with Crippen LogP contribution in [-0.4, -0.2) is 6.04 Å². The second kappa shape index (κ2) is 7.42. The summed E-state index contributed by atoms with van der Waals surface area (Å²) in [5.41, 5.74) is 6.79. The Labute approximate surface area is 129 Å². The standard InChI is InChI=1S/C20H27N/c1-5-6-17-8-11-18(12-9-17)20-13-16(4)7-10-19(20)14-21-15(2)3/h7-13,15,21H,5-6,14H2,1-4H3. The van der Waals surface area contributed by atoms with E-state index in [-0.39, 0.29) is 0 Å². The average molecular weight is 281 g/mol. The molecule has 0 aliphatic heterocycles. The normalized spacial score (nSPS) is 11.1. The molecular formula is C20H27N. The smallest absolute Gasteiger partial charge is 0.0214 e. The Morgan fingerprint density at radius 3 is 2.33 bits per heavy atom. The van der Waals surface area contributed by atoms with Gasteiger partial charge in [0.05, 0.1) is 0 Å². The van der Waals surface area contributed by atoms with Crippen molar-refractivity contribution in [2.45, 2.75) is 53.1 Å². The predicted octanol–water partition coefficient (Wildman–Crippen LogP) is 5.11. The van der Waals surface area contributed by atoms with Crippen molar-refractivity contribution in [3.8, 4) is 11.1 Å². The first kappa shape index (κ1) is 15.8. The third-order valence-electron chi connectivity index (χ3n) is 3.77. The van der Waals surface area contributed by atoms with Gasteiger partial charge in [0.2, 0.25) is 0 Å². The monoisotopic (exact) mass is 281 g/mol. The number of benzene rings is 2. The second-order valence-corrected chi connectivity index (χ2v) is 6.14. The lowest BCUT2D eigenvalue weighted by Crippen LogP contribution is -2.22. The Bertz CT molecular complexity index is 567. The SMILES string of the molecule is CCCc1ccc(-c2cc(C)ccc2CNC(C)C)cc1. The van der Waals surface area contributed by atoms with Crippen LogP contribution in [0.25, 0.3) is 11.1 Å². The molecule has 0 amide bonds. The topological polar surface area (TPSA) is 12.0 Å². The van der Waals surface area contributed by atoms with Gasteiger partial charge in [-0.05, 0) is 35.6 Å². The van der Waals surface area contributed by atoms with Crippen molar-refractivity contribution in [3.05, 3.63) is 59.2 Å². The van der Waals surface area contributed by atoms with Gasteiger partial charge in [-0.1, -0.05) is 75.2 Å². The fraction of sp³-hybridized carbons (Fsp3) is 0.400. The summed E-state index contributed by atoms with van der Waals surface area (Å²) >= 11 is 0. The molecule has 0 saturated carbocycles. The molecule has 0 radical (unpaired) electrons. The van der Waals surface area contributed by atoms with Crippen molar-refractivity contribution in [2.75, 3.05) is 0 Å². The number of aryl methyl sites for hydroxylation is 2. The quantitative estimate of drug-likeness (QED) is 0.775. The largest absolute Gasteiger partial charge is 0.310 e. The zero-order chi connectivity index (χ0) is 15.2. The maximum atomic E-state index is 3.52. The predicted molar refractivity (Wildman–Crippen MR) is 92.6 cm³/mol. The summed E-state index contributed by atoms with van der Waals surface area (Å²) in [4.78, 5) is 0. The molecule has 0 atom stereocenters. The zero-order valence-electron chi connectivity index (χ0n) is 13.7. The molecular weight excluding hydrogens is 254 g/mol. The highest BCUT2D eigenvalue weighted by atomic mass is 14.9. The number of nitrogens with one attached hydrogen (secondary N) is 1. The van der Waals surface area contributed by atoms with Gasteiger partial charge in [0, 0.05) is 12.6 Å². The van der Waals surface area contributed by atoms with Crippen LogP contribution in [0.15, 0.2) is 42.5 Å². The van der Waals surface area contributed by atoms with Crippen molar-refractivity contribution in [3.63, 3.8) is 0 Å². The highest BCUT2D eigenvalue weighted by Gasteiger charge is 2.06. The third kappa shape index (κ3) is 4.44. The van der Waals surface area contributed by atoms with Crippen LogP contribution < -0.4 is 5.32 Å². The Hall–Kier alpha value is -1.60. The minimum atomic E-state index is 0.506. The molecule has 21 heavy (non-hydrogen) atoms. The van der Waals surface area contributed by atoms with Gasteiger partial charge in [-0.15, -0.1) is 0 Å². The van der Waals surface area contributed by atoms with Crippen molar-refractivity contribution >= 4 is 0 Å². The summed E-state index contributed by atoms with van der Waals surface area (Å²) < 4.78 is 0. The van der Waals surface area contributed by atoms with E-state index in [9.17, 15) is 0 Å². The Morgan fingerprint density at radius 2 is 1.71 bits per heavy atom. The van der Waals surface area contributed by atoms with Crippen molar-refractivity contribution < 1.29 is 0 Å². The zero-order valence-corrected chi connectivity index (χ0v) is 13.7. The van der Waals surface area contributed by atoms with Gasteiger partial charge >= 0.3 is 0 Å². The minimum Gasteiger partial charge on any atom is -0.310 e. The second-order valence-electron chi connectivity index (χ2n) is 6.14. The Balaban J connectivity index is 2.30. The molecule has 1 N–H and O–H groups in total. The molecule has 0 unspecified atom stereocenters. The van der Waals surface area contributed by atoms with Crippen LogP contribution in [0, 0.1) is 6.92 Å². The molecule has 1 nitrogen and oxygen atoms in total. The van der Waals surface area contributed by atoms with Crippen LogP contribution in [0.1, 0.15) is 43.9 Å². The van der Waals surface area contributed by atoms with E-state index in [0.717, 1.165) is 13.0 Å². The molecule has 112 valence electrons. The van der Waals surface area contributed by atoms with E-state index in [2.05, 4.69) is 75.5 Å². The first-order chi connectivity index (χ1) is 10.1. The van der Waals surface area contributed by atoms with E-state index in [4.69, 9.17) is 0 Å². The molecule has 2 aromatic carbocycles. The van der Waals surface area contributed by atoms with Crippen molar-refractivity contribution in [1.82, 2.24) is 5.32 Å². The van der Waals surface area contributed by atoms with Gasteiger partial charge in [-0.2, -0.15) is 0 Å². The van der Waals surface area contributed by atoms with Crippen LogP contribution >= 0.6 is 0 Å². The van der Waals surface area contributed by atoms with Gasteiger partial charge in [0.25, 0.3) is 0 Å². The van der Waals surface area contributed by atoms with Crippen molar-refractivity contribution in [2.24, 2.45) is 0 Å². The third-order valence-corrected chi connectivity index (χ3v) is 3.77. The van der Waals surface area contributed by atoms with Gasteiger partial charge < -0.3 is 5.32 Å². The van der Waals surface area contributed by atoms with E-state index in [1.54, 1.807) is 0 Å². The molecule has 0 bridgehead atoms. The maximum absolute atomic E-state index is 3.52. The van der Waals surface area contributed by atoms with E-state index in [1.807, 2.05) is 0 Å². The van der Waals surface area contributed by atoms with Crippen LogP contribution in [0.3, 0.4) is 0 Å². The molecule has 2 aromatic rings. The average Bonchev–Trinajstić information content (AvgIpc) is 2.47. The summed E-state index contributed by atoms with van der Waals surface area (Å²) in [7, 11) is 0. The van der Waals surface area contributed by atoms with Gasteiger partial charge in [0.1, 0.15) is 0 Å². The molecule has 0 fully saturated rings. The van der Waals surface area contributed by atoms with E-state index in [1.165, 1.54) is 34.2 Å². The maximum Gasteiger partial charge on any atom is 0.0214 e. The highest BCUT2D eigenvalue weighted by molar-refractivity contribution is 5.68. The Kier molecular flexibility index (Phi) is 5.58. The lowest BCUT2D eigenvalue weighted by atomic mass is 9.96. The Morgan fingerprint density at radius 1 is 1.00 bits per heavy atom. The molecule has 0 aliphatic carbocycles. The molecule has 2 rings (SSSR count). The lowest BCUT2D eigenvalue weighted by Gasteiger charge is -2.14. The summed E-state index contributed by atoms with van der Waals surface area (Å²) in [6.07, 6.45) is 2.36. The highest BCUT2D eigenvalue weighted by Crippen LogP contribution is 2.26. The minimum absolute atomic E-state index is 0.506. The fourth-order valence-electron chi connectivity index (χ4n) is 2.57. The van der Waals surface area contributed by atoms with Crippen LogP contribution in [0.5, 0.6) is 0 Å². The lowest BCUT2D eigenvalue weighted by molar-refractivity contribution is 0.589. The summed E-state index contributed by atoms with van der Waals surface area (Å²) in [6, 6.07) is 16.3.